The summed E-state index contributed by atoms with van der Waals surface area (Å²) in [6.45, 7) is -0.609. The number of anilines is 1. The zero-order valence-electron chi connectivity index (χ0n) is 23.6. The zero-order chi connectivity index (χ0) is 32.9. The van der Waals surface area contributed by atoms with E-state index in [0.717, 1.165) is 40.2 Å². The number of halogens is 5. The smallest absolute Gasteiger partial charge is 0.417 e. The number of nitrogens with zero attached hydrogens (tertiary/aromatic N) is 1. The van der Waals surface area contributed by atoms with Crippen LogP contribution in [0.1, 0.15) is 33.5 Å². The highest BCUT2D eigenvalue weighted by atomic mass is 35.5. The number of carboxylic acids is 1. The molecule has 1 unspecified atom stereocenters. The Morgan fingerprint density at radius 2 is 1.60 bits per heavy atom. The van der Waals surface area contributed by atoms with Gasteiger partial charge in [-0.2, -0.15) is 13.2 Å². The lowest BCUT2D eigenvalue weighted by atomic mass is 9.92. The molecule has 236 valence electrons. The second-order valence-corrected chi connectivity index (χ2v) is 12.3. The first-order valence-electron chi connectivity index (χ1n) is 13.3. The largest absolute Gasteiger partial charge is 0.494 e. The average Bonchev–Trinajstić information content (AvgIpc) is 3.00. The van der Waals surface area contributed by atoms with Crippen LogP contribution in [0.5, 0.6) is 5.75 Å². The summed E-state index contributed by atoms with van der Waals surface area (Å²) >= 11 is 5.74. The predicted molar refractivity (Wildman–Crippen MR) is 159 cm³/mol. The van der Waals surface area contributed by atoms with Gasteiger partial charge in [0.25, 0.3) is 10.0 Å². The molecule has 0 bridgehead atoms. The van der Waals surface area contributed by atoms with E-state index in [2.05, 4.69) is 0 Å². The Morgan fingerprint density at radius 1 is 0.933 bits per heavy atom. The van der Waals surface area contributed by atoms with E-state index < -0.39 is 61.7 Å². The van der Waals surface area contributed by atoms with E-state index in [9.17, 15) is 40.7 Å². The van der Waals surface area contributed by atoms with Crippen molar-refractivity contribution in [2.45, 2.75) is 30.5 Å². The van der Waals surface area contributed by atoms with Crippen LogP contribution in [0.3, 0.4) is 0 Å². The highest BCUT2D eigenvalue weighted by molar-refractivity contribution is 7.92. The minimum atomic E-state index is -4.81. The summed E-state index contributed by atoms with van der Waals surface area (Å²) in [4.78, 5) is 24.4. The number of benzene rings is 4. The molecule has 0 saturated heterocycles. The molecule has 0 spiro atoms. The maximum absolute atomic E-state index is 14.5. The van der Waals surface area contributed by atoms with Crippen LogP contribution in [0.15, 0.2) is 95.9 Å². The quantitative estimate of drug-likeness (QED) is 0.125. The maximum atomic E-state index is 14.5. The summed E-state index contributed by atoms with van der Waals surface area (Å²) in [6, 6.07) is 19.7. The van der Waals surface area contributed by atoms with E-state index in [4.69, 9.17) is 16.3 Å². The molecular formula is C32H26ClF4NO6S. The molecule has 0 aliphatic carbocycles. The van der Waals surface area contributed by atoms with Crippen molar-refractivity contribution in [3.05, 3.63) is 124 Å². The molecular weight excluding hydrogens is 638 g/mol. The van der Waals surface area contributed by atoms with E-state index in [0.29, 0.717) is 0 Å². The van der Waals surface area contributed by atoms with Gasteiger partial charge in [-0.15, -0.1) is 0 Å². The molecule has 13 heteroatoms. The number of aliphatic carboxylic acids is 1. The lowest BCUT2D eigenvalue weighted by Gasteiger charge is -2.25. The number of ether oxygens (including phenoxy) is 1. The first-order valence-corrected chi connectivity index (χ1v) is 15.1. The number of carboxylic acid groups (broad SMARTS) is 1. The molecule has 0 heterocycles. The van der Waals surface area contributed by atoms with Crippen molar-refractivity contribution in [2.75, 3.05) is 11.4 Å². The van der Waals surface area contributed by atoms with Crippen LogP contribution in [-0.4, -0.2) is 32.4 Å². The minimum Gasteiger partial charge on any atom is -0.494 e. The van der Waals surface area contributed by atoms with Gasteiger partial charge in [-0.25, -0.2) is 12.8 Å². The molecule has 0 aliphatic rings. The zero-order valence-corrected chi connectivity index (χ0v) is 25.2. The summed E-state index contributed by atoms with van der Waals surface area (Å²) in [5, 5.41) is 9.11. The van der Waals surface area contributed by atoms with Gasteiger partial charge in [0.1, 0.15) is 0 Å². The summed E-state index contributed by atoms with van der Waals surface area (Å²) < 4.78 is 88.4. The molecule has 4 aromatic rings. The molecule has 7 nitrogen and oxygen atoms in total. The van der Waals surface area contributed by atoms with Gasteiger partial charge in [-0.3, -0.25) is 13.9 Å². The van der Waals surface area contributed by atoms with E-state index in [-0.39, 0.29) is 35.4 Å². The number of methoxy groups -OCH3 is 1. The van der Waals surface area contributed by atoms with Gasteiger partial charge in [0.15, 0.2) is 17.3 Å². The Morgan fingerprint density at radius 3 is 2.18 bits per heavy atom. The molecule has 0 amide bonds. The Balaban J connectivity index is 1.68. The lowest BCUT2D eigenvalue weighted by Crippen LogP contribution is -2.31. The second kappa shape index (κ2) is 13.7. The van der Waals surface area contributed by atoms with E-state index in [1.54, 1.807) is 30.3 Å². The van der Waals surface area contributed by atoms with E-state index >= 15 is 0 Å². The summed E-state index contributed by atoms with van der Waals surface area (Å²) in [7, 11) is -3.40. The summed E-state index contributed by atoms with van der Waals surface area (Å²) in [5.41, 5.74) is -0.463. The molecule has 0 saturated carbocycles. The Bertz CT molecular complexity index is 1800. The van der Waals surface area contributed by atoms with Crippen LogP contribution in [0, 0.1) is 11.7 Å². The van der Waals surface area contributed by atoms with Gasteiger partial charge in [-0.1, -0.05) is 48.0 Å². The van der Waals surface area contributed by atoms with Crippen LogP contribution in [0.4, 0.5) is 23.2 Å². The van der Waals surface area contributed by atoms with Crippen LogP contribution in [0.2, 0.25) is 5.02 Å². The van der Waals surface area contributed by atoms with Crippen molar-refractivity contribution in [2.24, 2.45) is 5.92 Å². The molecule has 0 radical (unpaired) electrons. The number of rotatable bonds is 12. The Kier molecular flexibility index (Phi) is 10.2. The van der Waals surface area contributed by atoms with E-state index in [1.165, 1.54) is 37.4 Å². The third-order valence-electron chi connectivity index (χ3n) is 6.96. The van der Waals surface area contributed by atoms with Gasteiger partial charge >= 0.3 is 12.1 Å². The van der Waals surface area contributed by atoms with Crippen molar-refractivity contribution >= 4 is 39.1 Å². The molecule has 4 rings (SSSR count). The molecule has 0 aromatic heterocycles. The number of hydrogen-bond donors (Lipinski definition) is 1. The first kappa shape index (κ1) is 33.5. The van der Waals surface area contributed by atoms with E-state index in [1.807, 2.05) is 0 Å². The van der Waals surface area contributed by atoms with Crippen LogP contribution >= 0.6 is 11.6 Å². The number of ketones is 1. The number of alkyl halides is 3. The topological polar surface area (TPSA) is 101 Å². The highest BCUT2D eigenvalue weighted by Crippen LogP contribution is 2.36. The van der Waals surface area contributed by atoms with Gasteiger partial charge in [0, 0.05) is 12.0 Å². The third-order valence-corrected chi connectivity index (χ3v) is 9.06. The fourth-order valence-corrected chi connectivity index (χ4v) is 6.29. The van der Waals surface area contributed by atoms with Gasteiger partial charge in [-0.05, 0) is 72.1 Å². The minimum absolute atomic E-state index is 0.0506. The Hall–Kier alpha value is -4.42. The SMILES string of the molecule is COc1ccc(S(=O)(=O)N(Cc2ccc(Cl)c(C(F)(F)F)c2)c2ccc(C(=O)CC(Cc3ccccc3)C(=O)O)cc2)cc1F. The predicted octanol–water partition coefficient (Wildman–Crippen LogP) is 7.42. The molecule has 1 atom stereocenters. The first-order chi connectivity index (χ1) is 21.2. The number of Topliss-reactive ketones (excluding diaryl/α,β-unsaturated/α-hetero) is 1. The highest BCUT2D eigenvalue weighted by Gasteiger charge is 2.34. The molecule has 1 N–H and O–H groups in total. The summed E-state index contributed by atoms with van der Waals surface area (Å²) in [5.74, 6) is -3.89. The number of carbonyl (C=O) groups excluding carboxylic acids is 1. The average molecular weight is 664 g/mol. The van der Waals surface area contributed by atoms with Gasteiger partial charge < -0.3 is 9.84 Å². The van der Waals surface area contributed by atoms with Gasteiger partial charge in [0.05, 0.1) is 40.7 Å². The van der Waals surface area contributed by atoms with Crippen LogP contribution in [-0.2, 0) is 34.0 Å². The van der Waals surface area contributed by atoms with Crippen molar-refractivity contribution < 1.29 is 45.4 Å². The van der Waals surface area contributed by atoms with Gasteiger partial charge in [0.2, 0.25) is 0 Å². The fraction of sp³-hybridized carbons (Fsp3) is 0.188. The summed E-state index contributed by atoms with van der Waals surface area (Å²) in [6.07, 6.45) is -5.03. The fourth-order valence-electron chi connectivity index (χ4n) is 4.60. The Labute approximate surface area is 261 Å². The molecule has 0 fully saturated rings. The normalized spacial score (nSPS) is 12.4. The van der Waals surface area contributed by atoms with Crippen molar-refractivity contribution in [3.8, 4) is 5.75 Å². The number of hydrogen-bond acceptors (Lipinski definition) is 5. The molecule has 4 aromatic carbocycles. The second-order valence-electron chi connectivity index (χ2n) is 10.0. The van der Waals surface area contributed by atoms with Crippen molar-refractivity contribution in [1.29, 1.82) is 0 Å². The lowest BCUT2D eigenvalue weighted by molar-refractivity contribution is -0.141. The number of carbonyl (C=O) groups is 2. The monoisotopic (exact) mass is 663 g/mol. The molecule has 0 aliphatic heterocycles. The molecule has 45 heavy (non-hydrogen) atoms. The third kappa shape index (κ3) is 8.00. The number of sulfonamides is 1. The standard InChI is InChI=1S/C32H26ClF4NO6S/c1-44-30-14-12-25(18-28(30)34)45(42,43)38(19-21-7-13-27(33)26(16-21)32(35,36)37)24-10-8-22(9-11-24)29(39)17-23(31(40)41)15-20-5-3-2-4-6-20/h2-14,16,18,23H,15,17,19H2,1H3,(H,40,41). The van der Waals surface area contributed by atoms with Crippen LogP contribution in [0.25, 0.3) is 0 Å². The van der Waals surface area contributed by atoms with Crippen molar-refractivity contribution in [1.82, 2.24) is 0 Å². The maximum Gasteiger partial charge on any atom is 0.417 e. The van der Waals surface area contributed by atoms with Crippen LogP contribution < -0.4 is 9.04 Å². The van der Waals surface area contributed by atoms with Crippen molar-refractivity contribution in [3.63, 3.8) is 0 Å².